The number of rotatable bonds is 3. The van der Waals surface area contributed by atoms with Gasteiger partial charge in [0.2, 0.25) is 5.43 Å². The second kappa shape index (κ2) is 8.00. The molecule has 0 fully saturated rings. The number of nitrogens with one attached hydrogen (secondary N) is 1. The van der Waals surface area contributed by atoms with Crippen molar-refractivity contribution in [1.82, 2.24) is 25.2 Å². The van der Waals surface area contributed by atoms with E-state index in [0.717, 1.165) is 18.3 Å². The minimum Gasteiger partial charge on any atom is -0.285 e. The Morgan fingerprint density at radius 3 is 2.53 bits per heavy atom. The lowest BCUT2D eigenvalue weighted by Crippen LogP contribution is -2.29. The molecule has 4 aromatic rings. The monoisotopic (exact) mass is 460 g/mol. The molecular formula is C20H12ClF3N6O2. The molecule has 32 heavy (non-hydrogen) atoms. The molecule has 162 valence electrons. The highest BCUT2D eigenvalue weighted by atomic mass is 35.5. The molecule has 0 atom stereocenters. The Morgan fingerprint density at radius 2 is 1.84 bits per heavy atom. The lowest BCUT2D eigenvalue weighted by atomic mass is 10.1. The van der Waals surface area contributed by atoms with Crippen molar-refractivity contribution in [2.45, 2.75) is 6.18 Å². The first-order valence-corrected chi connectivity index (χ1v) is 9.36. The van der Waals surface area contributed by atoms with E-state index in [9.17, 15) is 22.8 Å². The van der Waals surface area contributed by atoms with Crippen LogP contribution in [0.3, 0.4) is 0 Å². The molecule has 12 heteroatoms. The summed E-state index contributed by atoms with van der Waals surface area (Å²) >= 11 is 5.96. The summed E-state index contributed by atoms with van der Waals surface area (Å²) in [5.41, 5.74) is 1.38. The quantitative estimate of drug-likeness (QED) is 0.287. The van der Waals surface area contributed by atoms with Crippen molar-refractivity contribution in [3.63, 3.8) is 0 Å². The molecule has 0 saturated carbocycles. The molecule has 2 heterocycles. The molecule has 0 aliphatic heterocycles. The number of halogens is 4. The highest BCUT2D eigenvalue weighted by molar-refractivity contribution is 6.31. The van der Waals surface area contributed by atoms with Gasteiger partial charge in [-0.1, -0.05) is 23.7 Å². The number of carbonyl (C=O) groups is 1. The molecule has 8 nitrogen and oxygen atoms in total. The fourth-order valence-corrected chi connectivity index (χ4v) is 3.04. The first-order valence-electron chi connectivity index (χ1n) is 8.98. The Morgan fingerprint density at radius 1 is 1.12 bits per heavy atom. The smallest absolute Gasteiger partial charge is 0.285 e. The number of hydrazone groups is 1. The number of nitrogens with zero attached hydrogens (tertiary/aromatic N) is 5. The van der Waals surface area contributed by atoms with E-state index in [-0.39, 0.29) is 11.2 Å². The van der Waals surface area contributed by atoms with Crippen molar-refractivity contribution >= 4 is 45.9 Å². The highest BCUT2D eigenvalue weighted by Crippen LogP contribution is 2.28. The lowest BCUT2D eigenvalue weighted by Gasteiger charge is -2.07. The van der Waals surface area contributed by atoms with Crippen LogP contribution in [0.4, 0.5) is 13.2 Å². The van der Waals surface area contributed by atoms with Crippen molar-refractivity contribution < 1.29 is 18.0 Å². The van der Waals surface area contributed by atoms with E-state index in [1.54, 1.807) is 12.1 Å². The number of aryl methyl sites for hydroxylation is 1. The van der Waals surface area contributed by atoms with E-state index in [1.165, 1.54) is 29.9 Å². The van der Waals surface area contributed by atoms with Crippen LogP contribution in [0.1, 0.15) is 21.6 Å². The van der Waals surface area contributed by atoms with Crippen LogP contribution in [0.5, 0.6) is 0 Å². The average molecular weight is 461 g/mol. The van der Waals surface area contributed by atoms with Gasteiger partial charge in [-0.25, -0.2) is 20.1 Å². The largest absolute Gasteiger partial charge is 0.416 e. The van der Waals surface area contributed by atoms with Gasteiger partial charge in [-0.3, -0.25) is 9.59 Å². The number of alkyl halides is 3. The van der Waals surface area contributed by atoms with E-state index in [2.05, 4.69) is 25.6 Å². The summed E-state index contributed by atoms with van der Waals surface area (Å²) in [6.45, 7) is 0. The number of hydrogen-bond donors (Lipinski definition) is 1. The Kier molecular flexibility index (Phi) is 5.35. The minimum atomic E-state index is -4.45. The van der Waals surface area contributed by atoms with Crippen molar-refractivity contribution in [3.05, 3.63) is 74.5 Å². The maximum atomic E-state index is 12.8. The Hall–Kier alpha value is -3.86. The van der Waals surface area contributed by atoms with E-state index < -0.39 is 28.8 Å². The van der Waals surface area contributed by atoms with Gasteiger partial charge < -0.3 is 0 Å². The summed E-state index contributed by atoms with van der Waals surface area (Å²) in [5, 5.41) is 8.04. The maximum absolute atomic E-state index is 12.8. The van der Waals surface area contributed by atoms with Crippen LogP contribution < -0.4 is 10.9 Å². The molecule has 2 aromatic heterocycles. The van der Waals surface area contributed by atoms with Gasteiger partial charge in [0, 0.05) is 12.1 Å². The van der Waals surface area contributed by atoms with Crippen molar-refractivity contribution in [2.75, 3.05) is 0 Å². The molecular weight excluding hydrogens is 449 g/mol. The Bertz CT molecular complexity index is 1450. The number of amides is 1. The third-order valence-electron chi connectivity index (χ3n) is 4.43. The van der Waals surface area contributed by atoms with E-state index in [1.807, 2.05) is 0 Å². The zero-order chi connectivity index (χ0) is 23.0. The van der Waals surface area contributed by atoms with Crippen molar-refractivity contribution in [2.24, 2.45) is 12.1 Å². The van der Waals surface area contributed by atoms with E-state index in [4.69, 9.17) is 11.6 Å². The Balaban J connectivity index is 1.62. The zero-order valence-corrected chi connectivity index (χ0v) is 16.9. The molecule has 0 aliphatic carbocycles. The molecule has 1 N–H and O–H groups in total. The number of fused-ring (bicyclic) bond motifs is 2. The standard InChI is InChI=1S/C20H12ClF3N6O2/c1-30-18-15(26-14-8-12(21)6-7-13(14)27-18)17(31)16(29-30)19(32)28-25-9-10-2-4-11(5-3-10)20(22,23)24/h2-9H,1H3,(H,28,32)/b25-9+. The number of hydrogen-bond acceptors (Lipinski definition) is 6. The van der Waals surface area contributed by atoms with Crippen LogP contribution in [-0.4, -0.2) is 31.9 Å². The van der Waals surface area contributed by atoms with Crippen LogP contribution in [0, 0.1) is 0 Å². The SMILES string of the molecule is Cn1nc(C(=O)N/N=C/c2ccc(C(F)(F)F)cc2)c(=O)c2nc3cc(Cl)ccc3nc21. The van der Waals surface area contributed by atoms with Crippen LogP contribution >= 0.6 is 11.6 Å². The highest BCUT2D eigenvalue weighted by Gasteiger charge is 2.29. The van der Waals surface area contributed by atoms with Gasteiger partial charge in [0.15, 0.2) is 16.9 Å². The summed E-state index contributed by atoms with van der Waals surface area (Å²) < 4.78 is 39.1. The third-order valence-corrected chi connectivity index (χ3v) is 4.66. The van der Waals surface area contributed by atoms with Gasteiger partial charge in [-0.05, 0) is 35.9 Å². The van der Waals surface area contributed by atoms with Gasteiger partial charge in [-0.2, -0.15) is 23.4 Å². The first-order chi connectivity index (χ1) is 15.1. The summed E-state index contributed by atoms with van der Waals surface area (Å²) in [5.74, 6) is -0.913. The number of carbonyl (C=O) groups excluding carboxylic acids is 1. The van der Waals surface area contributed by atoms with Crippen LogP contribution in [0.15, 0.2) is 52.4 Å². The second-order valence-corrected chi connectivity index (χ2v) is 7.09. The van der Waals surface area contributed by atoms with Gasteiger partial charge in [0.1, 0.15) is 0 Å². The predicted octanol–water partition coefficient (Wildman–Crippen LogP) is 3.31. The zero-order valence-electron chi connectivity index (χ0n) is 16.2. The normalized spacial score (nSPS) is 12.0. The molecule has 1 amide bonds. The van der Waals surface area contributed by atoms with Crippen LogP contribution in [0.25, 0.3) is 22.2 Å². The third kappa shape index (κ3) is 4.14. The molecule has 0 bridgehead atoms. The average Bonchev–Trinajstić information content (AvgIpc) is 2.75. The second-order valence-electron chi connectivity index (χ2n) is 6.65. The van der Waals surface area contributed by atoms with Crippen LogP contribution in [0.2, 0.25) is 5.02 Å². The Labute approximate surface area is 182 Å². The number of benzene rings is 2. The molecule has 2 aromatic carbocycles. The fourth-order valence-electron chi connectivity index (χ4n) is 2.88. The summed E-state index contributed by atoms with van der Waals surface area (Å²) in [6.07, 6.45) is -3.32. The van der Waals surface area contributed by atoms with Gasteiger partial charge >= 0.3 is 6.18 Å². The molecule has 0 aliphatic rings. The summed E-state index contributed by atoms with van der Waals surface area (Å²) in [7, 11) is 1.50. The fraction of sp³-hybridized carbons (Fsp3) is 0.100. The molecule has 0 unspecified atom stereocenters. The minimum absolute atomic E-state index is 0.0749. The van der Waals surface area contributed by atoms with Gasteiger partial charge in [0.25, 0.3) is 5.91 Å². The van der Waals surface area contributed by atoms with Crippen molar-refractivity contribution in [1.29, 1.82) is 0 Å². The summed E-state index contributed by atoms with van der Waals surface area (Å²) in [6, 6.07) is 8.97. The topological polar surface area (TPSA) is 102 Å². The predicted molar refractivity (Wildman–Crippen MR) is 112 cm³/mol. The van der Waals surface area contributed by atoms with Crippen molar-refractivity contribution in [3.8, 4) is 0 Å². The van der Waals surface area contributed by atoms with E-state index in [0.29, 0.717) is 21.6 Å². The van der Waals surface area contributed by atoms with Crippen LogP contribution in [-0.2, 0) is 13.2 Å². The molecule has 0 radical (unpaired) electrons. The van der Waals surface area contributed by atoms with E-state index >= 15 is 0 Å². The number of aromatic nitrogens is 4. The van der Waals surface area contributed by atoms with Gasteiger partial charge in [0.05, 0.1) is 22.8 Å². The maximum Gasteiger partial charge on any atom is 0.416 e. The molecule has 4 rings (SSSR count). The summed E-state index contributed by atoms with van der Waals surface area (Å²) in [4.78, 5) is 33.8. The molecule has 0 spiro atoms. The first kappa shape index (κ1) is 21.4. The lowest BCUT2D eigenvalue weighted by molar-refractivity contribution is -0.137. The van der Waals surface area contributed by atoms with Gasteiger partial charge in [-0.15, -0.1) is 0 Å². The molecule has 0 saturated heterocycles.